The molecule has 0 radical (unpaired) electrons. The molecule has 0 heterocycles. The van der Waals surface area contributed by atoms with E-state index in [-0.39, 0.29) is 31.1 Å². The van der Waals surface area contributed by atoms with Crippen LogP contribution in [0.15, 0.2) is 97.2 Å². The topological polar surface area (TPSA) is 78.9 Å². The van der Waals surface area contributed by atoms with Gasteiger partial charge in [0.25, 0.3) is 0 Å². The first-order valence-electron chi connectivity index (χ1n) is 34.2. The molecular weight excluding hydrogens is 985 g/mol. The standard InChI is InChI=1S/C74H128O6/c1-4-7-10-13-16-19-22-25-28-29-30-31-32-33-34-35-36-37-38-39-40-41-42-43-44-45-47-49-52-55-58-61-64-67-73(76)79-70-71(69-78-72(75)66-63-60-57-54-51-48-27-24-21-18-15-12-9-6-3)80-74(77)68-65-62-59-56-53-50-46-26-23-20-17-14-11-8-5-2/h7,10,16,19,24-25,27-28,30-31,33-34,36-37,39-40,71H,4-6,8-9,11-15,17-18,20-23,26,29,32,35,38,41-70H2,1-3H3/b10-7-,19-16-,27-24-,28-25-,31-30-,34-33-,37-36-,40-39-. The molecule has 0 aliphatic rings. The normalized spacial score (nSPS) is 12.7. The fourth-order valence-corrected chi connectivity index (χ4v) is 9.71. The van der Waals surface area contributed by atoms with Gasteiger partial charge < -0.3 is 14.2 Å². The van der Waals surface area contributed by atoms with Gasteiger partial charge in [0.1, 0.15) is 13.2 Å². The van der Waals surface area contributed by atoms with Gasteiger partial charge in [0.2, 0.25) is 0 Å². The van der Waals surface area contributed by atoms with Crippen molar-refractivity contribution in [3.63, 3.8) is 0 Å². The molecule has 6 heteroatoms. The number of esters is 3. The Bertz CT molecular complexity index is 1560. The summed E-state index contributed by atoms with van der Waals surface area (Å²) < 4.78 is 16.9. The molecule has 460 valence electrons. The maximum absolute atomic E-state index is 12.9. The van der Waals surface area contributed by atoms with Crippen molar-refractivity contribution in [2.45, 2.75) is 341 Å². The number of ether oxygens (including phenoxy) is 3. The lowest BCUT2D eigenvalue weighted by atomic mass is 10.0. The summed E-state index contributed by atoms with van der Waals surface area (Å²) in [4.78, 5) is 38.3. The highest BCUT2D eigenvalue weighted by Crippen LogP contribution is 2.17. The van der Waals surface area contributed by atoms with Gasteiger partial charge in [-0.3, -0.25) is 14.4 Å². The molecule has 0 spiro atoms. The minimum absolute atomic E-state index is 0.0776. The van der Waals surface area contributed by atoms with E-state index in [1.165, 1.54) is 186 Å². The third-order valence-corrected chi connectivity index (χ3v) is 14.8. The van der Waals surface area contributed by atoms with Crippen LogP contribution in [0.25, 0.3) is 0 Å². The van der Waals surface area contributed by atoms with E-state index in [9.17, 15) is 14.4 Å². The maximum atomic E-state index is 12.9. The molecule has 6 nitrogen and oxygen atoms in total. The molecule has 0 saturated carbocycles. The molecule has 0 amide bonds. The lowest BCUT2D eigenvalue weighted by Crippen LogP contribution is -2.30. The predicted molar refractivity (Wildman–Crippen MR) is 348 cm³/mol. The van der Waals surface area contributed by atoms with E-state index in [1.54, 1.807) is 0 Å². The van der Waals surface area contributed by atoms with Crippen LogP contribution in [-0.2, 0) is 28.6 Å². The van der Waals surface area contributed by atoms with E-state index < -0.39 is 6.10 Å². The summed E-state index contributed by atoms with van der Waals surface area (Å²) in [6, 6.07) is 0. The monoisotopic (exact) mass is 1110 g/mol. The Labute approximate surface area is 496 Å². The Morgan fingerprint density at radius 1 is 0.263 bits per heavy atom. The average molecular weight is 1110 g/mol. The molecule has 80 heavy (non-hydrogen) atoms. The van der Waals surface area contributed by atoms with E-state index in [1.807, 2.05) is 0 Å². The third-order valence-electron chi connectivity index (χ3n) is 14.8. The molecule has 1 unspecified atom stereocenters. The van der Waals surface area contributed by atoms with Crippen molar-refractivity contribution in [1.82, 2.24) is 0 Å². The molecule has 0 aromatic carbocycles. The summed E-state index contributed by atoms with van der Waals surface area (Å²) in [5.74, 6) is -0.873. The van der Waals surface area contributed by atoms with Crippen LogP contribution in [0.3, 0.4) is 0 Å². The minimum Gasteiger partial charge on any atom is -0.462 e. The first-order chi connectivity index (χ1) is 39.5. The zero-order valence-electron chi connectivity index (χ0n) is 52.8. The van der Waals surface area contributed by atoms with E-state index >= 15 is 0 Å². The predicted octanol–water partition coefficient (Wildman–Crippen LogP) is 23.6. The zero-order valence-corrected chi connectivity index (χ0v) is 52.8. The Hall–Kier alpha value is -3.67. The van der Waals surface area contributed by atoms with Gasteiger partial charge in [-0.25, -0.2) is 0 Å². The van der Waals surface area contributed by atoms with Crippen molar-refractivity contribution in [3.8, 4) is 0 Å². The smallest absolute Gasteiger partial charge is 0.306 e. The number of hydrogen-bond acceptors (Lipinski definition) is 6. The highest BCUT2D eigenvalue weighted by atomic mass is 16.6. The minimum atomic E-state index is -0.780. The SMILES string of the molecule is CC/C=C\C/C=C\C/C=C\C/C=C\C/C=C\C/C=C\C/C=C\CCCCCCCCCCCCCC(=O)OCC(COC(=O)CCCCCCC/C=C\CCCCCCC)OC(=O)CCCCCCCCCCCCCCCCC. The lowest BCUT2D eigenvalue weighted by Gasteiger charge is -2.18. The molecule has 0 aromatic heterocycles. The van der Waals surface area contributed by atoms with Crippen molar-refractivity contribution in [1.29, 1.82) is 0 Å². The van der Waals surface area contributed by atoms with Gasteiger partial charge in [-0.05, 0) is 103 Å². The quantitative estimate of drug-likeness (QED) is 0.0261. The first kappa shape index (κ1) is 76.3. The molecule has 0 N–H and O–H groups in total. The van der Waals surface area contributed by atoms with Crippen molar-refractivity contribution < 1.29 is 28.6 Å². The van der Waals surface area contributed by atoms with Gasteiger partial charge in [0.05, 0.1) is 0 Å². The van der Waals surface area contributed by atoms with Crippen molar-refractivity contribution in [2.75, 3.05) is 13.2 Å². The molecule has 0 aliphatic carbocycles. The van der Waals surface area contributed by atoms with Gasteiger partial charge in [-0.2, -0.15) is 0 Å². The summed E-state index contributed by atoms with van der Waals surface area (Å²) in [6.45, 7) is 6.54. The summed E-state index contributed by atoms with van der Waals surface area (Å²) in [7, 11) is 0. The van der Waals surface area contributed by atoms with Gasteiger partial charge in [-0.1, -0.05) is 311 Å². The van der Waals surface area contributed by atoms with Crippen LogP contribution in [0.4, 0.5) is 0 Å². The fourth-order valence-electron chi connectivity index (χ4n) is 9.71. The number of carbonyl (C=O) groups excluding carboxylic acids is 3. The summed E-state index contributed by atoms with van der Waals surface area (Å²) in [5.41, 5.74) is 0. The van der Waals surface area contributed by atoms with Crippen molar-refractivity contribution >= 4 is 17.9 Å². The molecule has 0 aliphatic heterocycles. The Morgan fingerprint density at radius 3 is 0.775 bits per heavy atom. The molecule has 0 fully saturated rings. The van der Waals surface area contributed by atoms with Crippen LogP contribution < -0.4 is 0 Å². The zero-order chi connectivity index (χ0) is 57.8. The van der Waals surface area contributed by atoms with E-state index in [4.69, 9.17) is 14.2 Å². The van der Waals surface area contributed by atoms with Crippen LogP contribution >= 0.6 is 0 Å². The van der Waals surface area contributed by atoms with E-state index in [0.29, 0.717) is 19.3 Å². The lowest BCUT2D eigenvalue weighted by molar-refractivity contribution is -0.167. The first-order valence-corrected chi connectivity index (χ1v) is 34.2. The second-order valence-corrected chi connectivity index (χ2v) is 22.7. The highest BCUT2D eigenvalue weighted by molar-refractivity contribution is 5.71. The van der Waals surface area contributed by atoms with Gasteiger partial charge >= 0.3 is 17.9 Å². The molecular formula is C74H128O6. The van der Waals surface area contributed by atoms with Crippen LogP contribution in [0.1, 0.15) is 335 Å². The van der Waals surface area contributed by atoms with Crippen LogP contribution in [0.2, 0.25) is 0 Å². The molecule has 0 bridgehead atoms. The number of unbranched alkanes of at least 4 members (excludes halogenated alkanes) is 35. The molecule has 0 aromatic rings. The van der Waals surface area contributed by atoms with E-state index in [0.717, 1.165) is 109 Å². The van der Waals surface area contributed by atoms with Crippen LogP contribution in [-0.4, -0.2) is 37.2 Å². The number of rotatable bonds is 62. The number of hydrogen-bond donors (Lipinski definition) is 0. The van der Waals surface area contributed by atoms with Gasteiger partial charge in [0.15, 0.2) is 6.10 Å². The Kier molecular flexibility index (Phi) is 64.7. The van der Waals surface area contributed by atoms with Gasteiger partial charge in [-0.15, -0.1) is 0 Å². The van der Waals surface area contributed by atoms with E-state index in [2.05, 4.69) is 118 Å². The second-order valence-electron chi connectivity index (χ2n) is 22.7. The summed E-state index contributed by atoms with van der Waals surface area (Å²) in [5, 5.41) is 0. The number of carbonyl (C=O) groups is 3. The molecule has 0 saturated heterocycles. The third kappa shape index (κ3) is 65.1. The largest absolute Gasteiger partial charge is 0.462 e. The molecule has 1 atom stereocenters. The second kappa shape index (κ2) is 67.8. The van der Waals surface area contributed by atoms with Crippen molar-refractivity contribution in [3.05, 3.63) is 97.2 Å². The highest BCUT2D eigenvalue weighted by Gasteiger charge is 2.19. The summed E-state index contributed by atoms with van der Waals surface area (Å²) in [6.07, 6.45) is 91.4. The van der Waals surface area contributed by atoms with Crippen LogP contribution in [0, 0.1) is 0 Å². The summed E-state index contributed by atoms with van der Waals surface area (Å²) >= 11 is 0. The van der Waals surface area contributed by atoms with Crippen molar-refractivity contribution in [2.24, 2.45) is 0 Å². The number of allylic oxidation sites excluding steroid dienone is 16. The van der Waals surface area contributed by atoms with Gasteiger partial charge in [0, 0.05) is 19.3 Å². The average Bonchev–Trinajstić information content (AvgIpc) is 3.46. The Morgan fingerprint density at radius 2 is 0.487 bits per heavy atom. The molecule has 0 rings (SSSR count). The maximum Gasteiger partial charge on any atom is 0.306 e. The Balaban J connectivity index is 4.22. The fraction of sp³-hybridized carbons (Fsp3) is 0.743. The van der Waals surface area contributed by atoms with Crippen LogP contribution in [0.5, 0.6) is 0 Å².